The van der Waals surface area contributed by atoms with E-state index in [0.29, 0.717) is 13.2 Å². The molecule has 23 heavy (non-hydrogen) atoms. The second-order valence-corrected chi connectivity index (χ2v) is 5.29. The fourth-order valence-electron chi connectivity index (χ4n) is 2.02. The monoisotopic (exact) mass is 314 g/mol. The molecule has 0 bridgehead atoms. The number of ether oxygens (including phenoxy) is 1. The minimum Gasteiger partial charge on any atom is -0.489 e. The SMILES string of the molecule is CC(CO)NC(=O)NCc1ccccc1OCc1ccccc1. The zero-order chi connectivity index (χ0) is 16.5. The Balaban J connectivity index is 1.91. The van der Waals surface area contributed by atoms with Crippen LogP contribution in [0.5, 0.6) is 5.75 Å². The second kappa shape index (κ2) is 8.80. The van der Waals surface area contributed by atoms with E-state index < -0.39 is 0 Å². The van der Waals surface area contributed by atoms with Crippen molar-refractivity contribution in [3.63, 3.8) is 0 Å². The van der Waals surface area contributed by atoms with Gasteiger partial charge in [0, 0.05) is 12.1 Å². The lowest BCUT2D eigenvalue weighted by atomic mass is 10.2. The topological polar surface area (TPSA) is 70.6 Å². The van der Waals surface area contributed by atoms with E-state index in [2.05, 4.69) is 10.6 Å². The predicted molar refractivity (Wildman–Crippen MR) is 89.1 cm³/mol. The quantitative estimate of drug-likeness (QED) is 0.735. The predicted octanol–water partition coefficient (Wildman–Crippen LogP) is 2.45. The molecule has 0 heterocycles. The van der Waals surface area contributed by atoms with Gasteiger partial charge in [-0.05, 0) is 18.6 Å². The molecule has 5 heteroatoms. The maximum atomic E-state index is 11.7. The summed E-state index contributed by atoms with van der Waals surface area (Å²) >= 11 is 0. The Morgan fingerprint density at radius 2 is 1.83 bits per heavy atom. The minimum absolute atomic E-state index is 0.0931. The first-order chi connectivity index (χ1) is 11.2. The number of hydrogen-bond donors (Lipinski definition) is 3. The van der Waals surface area contributed by atoms with Gasteiger partial charge < -0.3 is 20.5 Å². The highest BCUT2D eigenvalue weighted by molar-refractivity contribution is 5.74. The molecule has 0 saturated heterocycles. The number of amides is 2. The first kappa shape index (κ1) is 16.8. The van der Waals surface area contributed by atoms with Gasteiger partial charge in [-0.3, -0.25) is 0 Å². The molecule has 122 valence electrons. The van der Waals surface area contributed by atoms with Crippen molar-refractivity contribution in [2.24, 2.45) is 0 Å². The van der Waals surface area contributed by atoms with E-state index in [1.165, 1.54) is 0 Å². The summed E-state index contributed by atoms with van der Waals surface area (Å²) in [6.45, 7) is 2.47. The van der Waals surface area contributed by atoms with Crippen LogP contribution in [0.25, 0.3) is 0 Å². The third-order valence-corrected chi connectivity index (χ3v) is 3.30. The average Bonchev–Trinajstić information content (AvgIpc) is 2.59. The molecule has 1 atom stereocenters. The van der Waals surface area contributed by atoms with Crippen LogP contribution in [0.2, 0.25) is 0 Å². The fourth-order valence-corrected chi connectivity index (χ4v) is 2.02. The van der Waals surface area contributed by atoms with E-state index in [1.54, 1.807) is 6.92 Å². The van der Waals surface area contributed by atoms with Gasteiger partial charge in [-0.15, -0.1) is 0 Å². The third-order valence-electron chi connectivity index (χ3n) is 3.30. The number of benzene rings is 2. The Bertz CT molecular complexity index is 617. The Labute approximate surface area is 136 Å². The Hall–Kier alpha value is -2.53. The molecule has 2 rings (SSSR count). The van der Waals surface area contributed by atoms with Crippen LogP contribution in [-0.2, 0) is 13.2 Å². The molecular formula is C18H22N2O3. The smallest absolute Gasteiger partial charge is 0.315 e. The number of aliphatic hydroxyl groups excluding tert-OH is 1. The van der Waals surface area contributed by atoms with E-state index in [9.17, 15) is 4.79 Å². The van der Waals surface area contributed by atoms with Crippen molar-refractivity contribution in [2.45, 2.75) is 26.1 Å². The van der Waals surface area contributed by atoms with Gasteiger partial charge in [0.15, 0.2) is 0 Å². The van der Waals surface area contributed by atoms with Crippen LogP contribution in [-0.4, -0.2) is 23.8 Å². The fraction of sp³-hybridized carbons (Fsp3) is 0.278. The lowest BCUT2D eigenvalue weighted by Crippen LogP contribution is -2.41. The summed E-state index contributed by atoms with van der Waals surface area (Å²) in [5.74, 6) is 0.742. The minimum atomic E-state index is -0.315. The zero-order valence-corrected chi connectivity index (χ0v) is 13.2. The van der Waals surface area contributed by atoms with Crippen molar-refractivity contribution in [1.82, 2.24) is 10.6 Å². The van der Waals surface area contributed by atoms with Gasteiger partial charge in [-0.1, -0.05) is 48.5 Å². The molecule has 0 fully saturated rings. The molecule has 2 amide bonds. The molecular weight excluding hydrogens is 292 g/mol. The summed E-state index contributed by atoms with van der Waals surface area (Å²) in [4.78, 5) is 11.7. The Kier molecular flexibility index (Phi) is 6.44. The van der Waals surface area contributed by atoms with Gasteiger partial charge in [-0.25, -0.2) is 4.79 Å². The number of aliphatic hydroxyl groups is 1. The van der Waals surface area contributed by atoms with Gasteiger partial charge >= 0.3 is 6.03 Å². The molecule has 0 aliphatic heterocycles. The summed E-state index contributed by atoms with van der Waals surface area (Å²) in [5, 5.41) is 14.3. The van der Waals surface area contributed by atoms with E-state index in [0.717, 1.165) is 16.9 Å². The van der Waals surface area contributed by atoms with Crippen molar-refractivity contribution in [2.75, 3.05) is 6.61 Å². The molecule has 2 aromatic rings. The normalized spacial score (nSPS) is 11.6. The molecule has 0 radical (unpaired) electrons. The zero-order valence-electron chi connectivity index (χ0n) is 13.2. The van der Waals surface area contributed by atoms with E-state index >= 15 is 0 Å². The summed E-state index contributed by atoms with van der Waals surface area (Å²) in [6, 6.07) is 16.9. The molecule has 1 unspecified atom stereocenters. The summed E-state index contributed by atoms with van der Waals surface area (Å²) in [6.07, 6.45) is 0. The molecule has 3 N–H and O–H groups in total. The van der Waals surface area contributed by atoms with Crippen LogP contribution in [0.1, 0.15) is 18.1 Å². The highest BCUT2D eigenvalue weighted by atomic mass is 16.5. The van der Waals surface area contributed by atoms with Crippen LogP contribution in [0.15, 0.2) is 54.6 Å². The van der Waals surface area contributed by atoms with Crippen molar-refractivity contribution < 1.29 is 14.6 Å². The first-order valence-electron chi connectivity index (χ1n) is 7.59. The molecule has 2 aromatic carbocycles. The molecule has 0 aromatic heterocycles. The van der Waals surface area contributed by atoms with Gasteiger partial charge in [-0.2, -0.15) is 0 Å². The van der Waals surface area contributed by atoms with Crippen molar-refractivity contribution in [3.05, 3.63) is 65.7 Å². The Morgan fingerprint density at radius 1 is 1.13 bits per heavy atom. The maximum Gasteiger partial charge on any atom is 0.315 e. The van der Waals surface area contributed by atoms with Gasteiger partial charge in [0.2, 0.25) is 0 Å². The van der Waals surface area contributed by atoms with Gasteiger partial charge in [0.25, 0.3) is 0 Å². The molecule has 0 saturated carbocycles. The van der Waals surface area contributed by atoms with Crippen LogP contribution in [0.3, 0.4) is 0 Å². The number of para-hydroxylation sites is 1. The van der Waals surface area contributed by atoms with Crippen LogP contribution in [0, 0.1) is 0 Å². The molecule has 0 aliphatic rings. The van der Waals surface area contributed by atoms with Crippen molar-refractivity contribution in [1.29, 1.82) is 0 Å². The number of carbonyl (C=O) groups is 1. The van der Waals surface area contributed by atoms with E-state index in [1.807, 2.05) is 54.6 Å². The van der Waals surface area contributed by atoms with Crippen LogP contribution < -0.4 is 15.4 Å². The maximum absolute atomic E-state index is 11.7. The average molecular weight is 314 g/mol. The summed E-state index contributed by atoms with van der Waals surface area (Å²) in [5.41, 5.74) is 1.99. The lowest BCUT2D eigenvalue weighted by molar-refractivity contribution is 0.220. The number of urea groups is 1. The summed E-state index contributed by atoms with van der Waals surface area (Å²) in [7, 11) is 0. The highest BCUT2D eigenvalue weighted by Gasteiger charge is 2.08. The van der Waals surface area contributed by atoms with Crippen LogP contribution in [0.4, 0.5) is 4.79 Å². The number of carbonyl (C=O) groups excluding carboxylic acids is 1. The highest BCUT2D eigenvalue weighted by Crippen LogP contribution is 2.19. The van der Waals surface area contributed by atoms with Crippen LogP contribution >= 0.6 is 0 Å². The standard InChI is InChI=1S/C18H22N2O3/c1-14(12-21)20-18(22)19-11-16-9-5-6-10-17(16)23-13-15-7-3-2-4-8-15/h2-10,14,21H,11-13H2,1H3,(H2,19,20,22). The Morgan fingerprint density at radius 3 is 2.57 bits per heavy atom. The van der Waals surface area contributed by atoms with E-state index in [4.69, 9.17) is 9.84 Å². The number of rotatable bonds is 7. The largest absolute Gasteiger partial charge is 0.489 e. The second-order valence-electron chi connectivity index (χ2n) is 5.29. The lowest BCUT2D eigenvalue weighted by Gasteiger charge is -2.14. The molecule has 5 nitrogen and oxygen atoms in total. The number of hydrogen-bond acceptors (Lipinski definition) is 3. The van der Waals surface area contributed by atoms with Gasteiger partial charge in [0.1, 0.15) is 12.4 Å². The molecule has 0 aliphatic carbocycles. The van der Waals surface area contributed by atoms with E-state index in [-0.39, 0.29) is 18.7 Å². The van der Waals surface area contributed by atoms with Crippen molar-refractivity contribution in [3.8, 4) is 5.75 Å². The number of nitrogens with one attached hydrogen (secondary N) is 2. The molecule has 0 spiro atoms. The van der Waals surface area contributed by atoms with Gasteiger partial charge in [0.05, 0.1) is 12.6 Å². The third kappa shape index (κ3) is 5.64. The first-order valence-corrected chi connectivity index (χ1v) is 7.59. The van der Waals surface area contributed by atoms with Crippen molar-refractivity contribution >= 4 is 6.03 Å². The summed E-state index contributed by atoms with van der Waals surface area (Å²) < 4.78 is 5.85.